The zero-order chi connectivity index (χ0) is 15.5. The third-order valence-electron chi connectivity index (χ3n) is 3.26. The molecule has 1 aliphatic rings. The predicted molar refractivity (Wildman–Crippen MR) is 79.7 cm³/mol. The Kier molecular flexibility index (Phi) is 5.00. The van der Waals surface area contributed by atoms with Gasteiger partial charge in [-0.05, 0) is 11.4 Å². The average molecular weight is 328 g/mol. The molecule has 0 aliphatic carbocycles. The minimum atomic E-state index is -3.68. The van der Waals surface area contributed by atoms with Crippen molar-refractivity contribution in [1.82, 2.24) is 9.21 Å². The lowest BCUT2D eigenvalue weighted by Gasteiger charge is -2.32. The van der Waals surface area contributed by atoms with E-state index in [1.807, 2.05) is 4.90 Å². The molecule has 0 radical (unpaired) electrons. The molecule has 8 heteroatoms. The number of rotatable bonds is 4. The fourth-order valence-electron chi connectivity index (χ4n) is 2.14. The van der Waals surface area contributed by atoms with Crippen molar-refractivity contribution in [2.45, 2.75) is 4.90 Å². The molecule has 0 aromatic carbocycles. The highest BCUT2D eigenvalue weighted by Crippen LogP contribution is 2.26. The van der Waals surface area contributed by atoms with Crippen molar-refractivity contribution in [3.8, 4) is 12.3 Å². The van der Waals surface area contributed by atoms with Gasteiger partial charge in [0.1, 0.15) is 9.77 Å². The normalized spacial score (nSPS) is 17.3. The van der Waals surface area contributed by atoms with Crippen molar-refractivity contribution < 1.29 is 17.9 Å². The van der Waals surface area contributed by atoms with Crippen LogP contribution in [-0.2, 0) is 14.8 Å². The van der Waals surface area contributed by atoms with E-state index in [1.54, 1.807) is 5.38 Å². The second kappa shape index (κ2) is 6.58. The van der Waals surface area contributed by atoms with Gasteiger partial charge in [0, 0.05) is 26.2 Å². The van der Waals surface area contributed by atoms with Gasteiger partial charge in [-0.15, -0.1) is 17.8 Å². The maximum absolute atomic E-state index is 12.6. The van der Waals surface area contributed by atoms with Crippen LogP contribution in [0, 0.1) is 12.3 Å². The fraction of sp³-hybridized carbons (Fsp3) is 0.462. The zero-order valence-electron chi connectivity index (χ0n) is 11.6. The third kappa shape index (κ3) is 3.27. The third-order valence-corrected chi connectivity index (χ3v) is 6.23. The van der Waals surface area contributed by atoms with Gasteiger partial charge >= 0.3 is 5.97 Å². The number of hydrogen-bond donors (Lipinski definition) is 0. The number of nitrogens with zero attached hydrogens (tertiary/aromatic N) is 2. The summed E-state index contributed by atoms with van der Waals surface area (Å²) in [4.78, 5) is 13.8. The van der Waals surface area contributed by atoms with Gasteiger partial charge in [-0.25, -0.2) is 13.2 Å². The number of thiophene rings is 1. The Morgan fingerprint density at radius 2 is 2.10 bits per heavy atom. The van der Waals surface area contributed by atoms with E-state index in [1.165, 1.54) is 17.5 Å². The first-order chi connectivity index (χ1) is 10.0. The standard InChI is InChI=1S/C13H16N2O4S2/c1-3-5-14-6-8-15(9-7-14)21(17,18)11-4-10-20-12(11)13(16)19-2/h1,4,10H,5-9H2,2H3. The van der Waals surface area contributed by atoms with Crippen LogP contribution in [0.15, 0.2) is 16.3 Å². The van der Waals surface area contributed by atoms with Gasteiger partial charge in [0.05, 0.1) is 13.7 Å². The molecule has 0 spiro atoms. The molecule has 114 valence electrons. The van der Waals surface area contributed by atoms with E-state index in [0.717, 1.165) is 11.3 Å². The van der Waals surface area contributed by atoms with E-state index >= 15 is 0 Å². The molecule has 1 saturated heterocycles. The minimum absolute atomic E-state index is 0.0183. The quantitative estimate of drug-likeness (QED) is 0.594. The smallest absolute Gasteiger partial charge is 0.349 e. The Morgan fingerprint density at radius 3 is 2.67 bits per heavy atom. The first-order valence-electron chi connectivity index (χ1n) is 6.32. The van der Waals surface area contributed by atoms with Crippen molar-refractivity contribution in [2.24, 2.45) is 0 Å². The highest BCUT2D eigenvalue weighted by Gasteiger charge is 2.32. The summed E-state index contributed by atoms with van der Waals surface area (Å²) in [5, 5.41) is 1.58. The molecule has 0 saturated carbocycles. The molecule has 0 bridgehead atoms. The van der Waals surface area contributed by atoms with Crippen LogP contribution in [0.25, 0.3) is 0 Å². The summed E-state index contributed by atoms with van der Waals surface area (Å²) in [5.74, 6) is 1.92. The summed E-state index contributed by atoms with van der Waals surface area (Å²) >= 11 is 1.06. The molecule has 1 fully saturated rings. The fourth-order valence-corrected chi connectivity index (χ4v) is 4.87. The predicted octanol–water partition coefficient (Wildman–Crippen LogP) is 0.474. The van der Waals surface area contributed by atoms with Crippen molar-refractivity contribution in [2.75, 3.05) is 39.8 Å². The molecular weight excluding hydrogens is 312 g/mol. The molecule has 2 heterocycles. The molecule has 21 heavy (non-hydrogen) atoms. The Labute approximate surface area is 128 Å². The van der Waals surface area contributed by atoms with Crippen LogP contribution in [0.1, 0.15) is 9.67 Å². The number of piperazine rings is 1. The average Bonchev–Trinajstić information content (AvgIpc) is 2.97. The van der Waals surface area contributed by atoms with Gasteiger partial charge in [0.25, 0.3) is 0 Å². The SMILES string of the molecule is C#CCN1CCN(S(=O)(=O)c2ccsc2C(=O)OC)CC1. The highest BCUT2D eigenvalue weighted by atomic mass is 32.2. The highest BCUT2D eigenvalue weighted by molar-refractivity contribution is 7.89. The Morgan fingerprint density at radius 1 is 1.43 bits per heavy atom. The summed E-state index contributed by atoms with van der Waals surface area (Å²) in [7, 11) is -2.45. The molecule has 1 aromatic heterocycles. The van der Waals surface area contributed by atoms with Gasteiger partial charge < -0.3 is 4.74 Å². The van der Waals surface area contributed by atoms with Crippen LogP contribution in [0.4, 0.5) is 0 Å². The summed E-state index contributed by atoms with van der Waals surface area (Å²) < 4.78 is 31.2. The molecule has 1 aliphatic heterocycles. The van der Waals surface area contributed by atoms with E-state index in [-0.39, 0.29) is 9.77 Å². The van der Waals surface area contributed by atoms with Gasteiger partial charge in [-0.2, -0.15) is 4.31 Å². The maximum atomic E-state index is 12.6. The van der Waals surface area contributed by atoms with E-state index < -0.39 is 16.0 Å². The van der Waals surface area contributed by atoms with E-state index in [4.69, 9.17) is 6.42 Å². The van der Waals surface area contributed by atoms with Crippen LogP contribution >= 0.6 is 11.3 Å². The first-order valence-corrected chi connectivity index (χ1v) is 8.64. The number of hydrogen-bond acceptors (Lipinski definition) is 6. The molecule has 0 unspecified atom stereocenters. The van der Waals surface area contributed by atoms with Crippen LogP contribution < -0.4 is 0 Å². The molecule has 0 atom stereocenters. The van der Waals surface area contributed by atoms with Gasteiger partial charge in [-0.1, -0.05) is 5.92 Å². The van der Waals surface area contributed by atoms with Gasteiger partial charge in [-0.3, -0.25) is 4.90 Å². The Bertz CT molecular complexity index is 652. The van der Waals surface area contributed by atoms with Gasteiger partial charge in [0.15, 0.2) is 0 Å². The van der Waals surface area contributed by atoms with E-state index in [2.05, 4.69) is 10.7 Å². The summed E-state index contributed by atoms with van der Waals surface area (Å²) in [6.45, 7) is 2.41. The van der Waals surface area contributed by atoms with Crippen molar-refractivity contribution in [1.29, 1.82) is 0 Å². The Balaban J connectivity index is 2.19. The van der Waals surface area contributed by atoms with E-state index in [9.17, 15) is 13.2 Å². The molecule has 6 nitrogen and oxygen atoms in total. The molecule has 0 N–H and O–H groups in total. The molecule has 1 aromatic rings. The van der Waals surface area contributed by atoms with Crippen molar-refractivity contribution in [3.63, 3.8) is 0 Å². The summed E-state index contributed by atoms with van der Waals surface area (Å²) in [5.41, 5.74) is 0. The monoisotopic (exact) mass is 328 g/mol. The van der Waals surface area contributed by atoms with Crippen molar-refractivity contribution >= 4 is 27.3 Å². The lowest BCUT2D eigenvalue weighted by molar-refractivity contribution is 0.0602. The Hall–Kier alpha value is -1.40. The topological polar surface area (TPSA) is 66.9 Å². The van der Waals surface area contributed by atoms with E-state index in [0.29, 0.717) is 32.7 Å². The summed E-state index contributed by atoms with van der Waals surface area (Å²) in [6, 6.07) is 1.44. The van der Waals surface area contributed by atoms with Crippen LogP contribution in [0.2, 0.25) is 0 Å². The maximum Gasteiger partial charge on any atom is 0.349 e. The number of esters is 1. The number of methoxy groups -OCH3 is 1. The lowest BCUT2D eigenvalue weighted by Crippen LogP contribution is -2.48. The minimum Gasteiger partial charge on any atom is -0.465 e. The molecular formula is C13H16N2O4S2. The first kappa shape index (κ1) is 16.0. The molecule has 2 rings (SSSR count). The second-order valence-corrected chi connectivity index (χ2v) is 7.31. The second-order valence-electron chi connectivity index (χ2n) is 4.49. The van der Waals surface area contributed by atoms with Crippen LogP contribution in [0.3, 0.4) is 0 Å². The number of ether oxygens (including phenoxy) is 1. The molecule has 0 amide bonds. The van der Waals surface area contributed by atoms with Crippen molar-refractivity contribution in [3.05, 3.63) is 16.3 Å². The lowest BCUT2D eigenvalue weighted by atomic mass is 10.4. The summed E-state index contributed by atoms with van der Waals surface area (Å²) in [6.07, 6.45) is 5.25. The van der Waals surface area contributed by atoms with Crippen LogP contribution in [-0.4, -0.2) is 63.4 Å². The number of carbonyl (C=O) groups is 1. The zero-order valence-corrected chi connectivity index (χ0v) is 13.2. The number of carbonyl (C=O) groups excluding carboxylic acids is 1. The number of sulfonamides is 1. The largest absolute Gasteiger partial charge is 0.465 e. The van der Waals surface area contributed by atoms with Crippen LogP contribution in [0.5, 0.6) is 0 Å². The van der Waals surface area contributed by atoms with Gasteiger partial charge in [0.2, 0.25) is 10.0 Å². The number of terminal acetylenes is 1.